The molecular weight excluding hydrogens is 240 g/mol. The van der Waals surface area contributed by atoms with E-state index in [2.05, 4.69) is 23.6 Å². The summed E-state index contributed by atoms with van der Waals surface area (Å²) in [7, 11) is 4.27. The molecule has 1 aromatic heterocycles. The van der Waals surface area contributed by atoms with Crippen molar-refractivity contribution in [3.63, 3.8) is 0 Å². The average molecular weight is 264 g/mol. The highest BCUT2D eigenvalue weighted by Crippen LogP contribution is 2.36. The van der Waals surface area contributed by atoms with E-state index in [0.717, 1.165) is 17.9 Å². The maximum atomic E-state index is 11.2. The third kappa shape index (κ3) is 2.41. The Kier molecular flexibility index (Phi) is 3.72. The maximum Gasteiger partial charge on any atom is 0.337 e. The molecule has 4 heteroatoms. The Hall–Kier alpha value is -1.29. The van der Waals surface area contributed by atoms with Crippen LogP contribution in [0.15, 0.2) is 6.07 Å². The van der Waals surface area contributed by atoms with E-state index in [9.17, 15) is 9.90 Å². The normalized spacial score (nSPS) is 18.2. The Bertz CT molecular complexity index is 483. The van der Waals surface area contributed by atoms with E-state index in [1.54, 1.807) is 6.07 Å². The van der Waals surface area contributed by atoms with E-state index in [-0.39, 0.29) is 5.54 Å². The van der Waals surface area contributed by atoms with Crippen molar-refractivity contribution in [2.45, 2.75) is 51.6 Å². The van der Waals surface area contributed by atoms with Crippen molar-refractivity contribution >= 4 is 5.97 Å². The second-order valence-electron chi connectivity index (χ2n) is 6.00. The molecule has 0 aliphatic heterocycles. The molecule has 4 nitrogen and oxygen atoms in total. The van der Waals surface area contributed by atoms with Gasteiger partial charge in [0.25, 0.3) is 0 Å². The van der Waals surface area contributed by atoms with Crippen molar-refractivity contribution in [1.82, 2.24) is 9.47 Å². The molecule has 0 aromatic carbocycles. The van der Waals surface area contributed by atoms with Crippen LogP contribution in [0.4, 0.5) is 0 Å². The summed E-state index contributed by atoms with van der Waals surface area (Å²) in [6.07, 6.45) is 4.92. The quantitative estimate of drug-likeness (QED) is 0.909. The fraction of sp³-hybridized carbons (Fsp3) is 0.667. The number of carbonyl (C=O) groups is 1. The minimum Gasteiger partial charge on any atom is -0.478 e. The Labute approximate surface area is 115 Å². The zero-order chi connectivity index (χ0) is 14.2. The highest BCUT2D eigenvalue weighted by Gasteiger charge is 2.37. The molecule has 0 radical (unpaired) electrons. The number of aryl methyl sites for hydroxylation is 1. The van der Waals surface area contributed by atoms with Crippen molar-refractivity contribution in [3.8, 4) is 0 Å². The minimum absolute atomic E-state index is 0.185. The number of rotatable bonds is 4. The lowest BCUT2D eigenvalue weighted by Gasteiger charge is -2.37. The van der Waals surface area contributed by atoms with Gasteiger partial charge >= 0.3 is 5.97 Å². The molecule has 0 amide bonds. The fourth-order valence-corrected chi connectivity index (χ4v) is 3.34. The summed E-state index contributed by atoms with van der Waals surface area (Å²) in [6, 6.07) is 1.79. The predicted octanol–water partition coefficient (Wildman–Crippen LogP) is 2.68. The van der Waals surface area contributed by atoms with Gasteiger partial charge in [0, 0.05) is 23.5 Å². The maximum absolute atomic E-state index is 11.2. The zero-order valence-electron chi connectivity index (χ0n) is 12.4. The van der Waals surface area contributed by atoms with E-state index in [4.69, 9.17) is 0 Å². The van der Waals surface area contributed by atoms with Crippen LogP contribution >= 0.6 is 0 Å². The van der Waals surface area contributed by atoms with Gasteiger partial charge in [-0.05, 0) is 46.9 Å². The summed E-state index contributed by atoms with van der Waals surface area (Å²) in [4.78, 5) is 13.5. The zero-order valence-corrected chi connectivity index (χ0v) is 12.4. The van der Waals surface area contributed by atoms with E-state index in [0.29, 0.717) is 5.56 Å². The SMILES string of the molecule is Cc1cc(C(=O)O)c(C)n1CC1(N(C)C)CCCC1. The van der Waals surface area contributed by atoms with Gasteiger partial charge in [-0.3, -0.25) is 0 Å². The van der Waals surface area contributed by atoms with Crippen LogP contribution in [-0.4, -0.2) is 40.2 Å². The molecule has 1 fully saturated rings. The number of aromatic carboxylic acids is 1. The smallest absolute Gasteiger partial charge is 0.337 e. The number of carboxylic acids is 1. The molecule has 1 heterocycles. The summed E-state index contributed by atoms with van der Waals surface area (Å²) >= 11 is 0. The Morgan fingerprint density at radius 1 is 1.37 bits per heavy atom. The van der Waals surface area contributed by atoms with Crippen LogP contribution in [0.25, 0.3) is 0 Å². The van der Waals surface area contributed by atoms with E-state index in [1.807, 2.05) is 13.8 Å². The van der Waals surface area contributed by atoms with Gasteiger partial charge < -0.3 is 14.6 Å². The van der Waals surface area contributed by atoms with Crippen LogP contribution in [0, 0.1) is 13.8 Å². The first-order chi connectivity index (χ1) is 8.87. The topological polar surface area (TPSA) is 45.5 Å². The molecular formula is C15H24N2O2. The minimum atomic E-state index is -0.829. The first kappa shape index (κ1) is 14.1. The van der Waals surface area contributed by atoms with Gasteiger partial charge in [0.05, 0.1) is 5.56 Å². The number of aromatic nitrogens is 1. The fourth-order valence-electron chi connectivity index (χ4n) is 3.34. The molecule has 2 rings (SSSR count). The molecule has 106 valence electrons. The average Bonchev–Trinajstić information content (AvgIpc) is 2.90. The van der Waals surface area contributed by atoms with Crippen molar-refractivity contribution in [2.24, 2.45) is 0 Å². The number of nitrogens with zero attached hydrogens (tertiary/aromatic N) is 2. The van der Waals surface area contributed by atoms with Gasteiger partial charge in [-0.1, -0.05) is 12.8 Å². The van der Waals surface area contributed by atoms with E-state index in [1.165, 1.54) is 25.7 Å². The second kappa shape index (κ2) is 5.00. The molecule has 1 aliphatic rings. The molecule has 0 atom stereocenters. The predicted molar refractivity (Wildman–Crippen MR) is 75.8 cm³/mol. The van der Waals surface area contributed by atoms with Gasteiger partial charge in [-0.2, -0.15) is 0 Å². The van der Waals surface area contributed by atoms with Gasteiger partial charge in [0.15, 0.2) is 0 Å². The van der Waals surface area contributed by atoms with Gasteiger partial charge in [-0.25, -0.2) is 4.79 Å². The lowest BCUT2D eigenvalue weighted by atomic mass is 9.95. The summed E-state index contributed by atoms with van der Waals surface area (Å²) in [5, 5.41) is 9.21. The second-order valence-corrected chi connectivity index (χ2v) is 6.00. The summed E-state index contributed by atoms with van der Waals surface area (Å²) < 4.78 is 2.18. The van der Waals surface area contributed by atoms with Gasteiger partial charge in [0.1, 0.15) is 0 Å². The number of likely N-dealkylation sites (N-methyl/N-ethyl adjacent to an activating group) is 1. The van der Waals surface area contributed by atoms with Gasteiger partial charge in [0.2, 0.25) is 0 Å². The molecule has 1 saturated carbocycles. The lowest BCUT2D eigenvalue weighted by molar-refractivity contribution is 0.0695. The Morgan fingerprint density at radius 3 is 2.37 bits per heavy atom. The van der Waals surface area contributed by atoms with Crippen molar-refractivity contribution in [2.75, 3.05) is 14.1 Å². The van der Waals surface area contributed by atoms with Crippen LogP contribution < -0.4 is 0 Å². The van der Waals surface area contributed by atoms with E-state index >= 15 is 0 Å². The third-order valence-corrected chi connectivity index (χ3v) is 4.74. The van der Waals surface area contributed by atoms with Crippen LogP contribution in [0.5, 0.6) is 0 Å². The summed E-state index contributed by atoms with van der Waals surface area (Å²) in [5.74, 6) is -0.829. The molecule has 1 N–H and O–H groups in total. The summed E-state index contributed by atoms with van der Waals surface area (Å²) in [5.41, 5.74) is 2.54. The molecule has 0 unspecified atom stereocenters. The van der Waals surface area contributed by atoms with E-state index < -0.39 is 5.97 Å². The highest BCUT2D eigenvalue weighted by molar-refractivity contribution is 5.89. The molecule has 1 aliphatic carbocycles. The van der Waals surface area contributed by atoms with Crippen LogP contribution in [0.2, 0.25) is 0 Å². The standard InChI is InChI=1S/C15H24N2O2/c1-11-9-13(14(18)19)12(2)17(11)10-15(16(3)4)7-5-6-8-15/h9H,5-8,10H2,1-4H3,(H,18,19). The first-order valence-corrected chi connectivity index (χ1v) is 6.95. The molecule has 1 aromatic rings. The largest absolute Gasteiger partial charge is 0.478 e. The monoisotopic (exact) mass is 264 g/mol. The Balaban J connectivity index is 2.35. The number of carboxylic acid groups (broad SMARTS) is 1. The molecule has 0 bridgehead atoms. The van der Waals surface area contributed by atoms with Crippen molar-refractivity contribution in [3.05, 3.63) is 23.0 Å². The molecule has 0 saturated heterocycles. The van der Waals surface area contributed by atoms with Crippen molar-refractivity contribution < 1.29 is 9.90 Å². The van der Waals surface area contributed by atoms with Gasteiger partial charge in [-0.15, -0.1) is 0 Å². The highest BCUT2D eigenvalue weighted by atomic mass is 16.4. The number of hydrogen-bond acceptors (Lipinski definition) is 2. The Morgan fingerprint density at radius 2 is 1.95 bits per heavy atom. The number of hydrogen-bond donors (Lipinski definition) is 1. The lowest BCUT2D eigenvalue weighted by Crippen LogP contribution is -2.45. The van der Waals surface area contributed by atoms with Crippen molar-refractivity contribution in [1.29, 1.82) is 0 Å². The first-order valence-electron chi connectivity index (χ1n) is 6.95. The molecule has 19 heavy (non-hydrogen) atoms. The van der Waals surface area contributed by atoms with Crippen LogP contribution in [0.1, 0.15) is 47.4 Å². The van der Waals surface area contributed by atoms with Crippen LogP contribution in [0.3, 0.4) is 0 Å². The molecule has 0 spiro atoms. The third-order valence-electron chi connectivity index (χ3n) is 4.74. The van der Waals surface area contributed by atoms with Crippen LogP contribution in [-0.2, 0) is 6.54 Å². The summed E-state index contributed by atoms with van der Waals surface area (Å²) in [6.45, 7) is 4.80.